The molecule has 0 atom stereocenters. The molecule has 0 bridgehead atoms. The number of nitrogens with one attached hydrogen (secondary N) is 1. The zero-order valence-corrected chi connectivity index (χ0v) is 11.2. The summed E-state index contributed by atoms with van der Waals surface area (Å²) in [4.78, 5) is 0. The molecule has 4 heteroatoms. The molecule has 0 saturated heterocycles. The standard InChI is InChI=1S/C12H11BrFNS/c1-15-5-8-2-3-9(12(14)4-8)10-6-16-7-11(10)13/h2-4,6-7,15H,5H2,1H3. The van der Waals surface area contributed by atoms with E-state index in [1.165, 1.54) is 0 Å². The van der Waals surface area contributed by atoms with E-state index < -0.39 is 0 Å². The molecule has 1 aromatic carbocycles. The highest BCUT2D eigenvalue weighted by molar-refractivity contribution is 9.10. The van der Waals surface area contributed by atoms with E-state index >= 15 is 0 Å². The average molecular weight is 300 g/mol. The molecule has 16 heavy (non-hydrogen) atoms. The second-order valence-corrected chi connectivity index (χ2v) is 5.08. The molecular formula is C12H11BrFNS. The van der Waals surface area contributed by atoms with E-state index in [0.717, 1.165) is 15.6 Å². The lowest BCUT2D eigenvalue weighted by Crippen LogP contribution is -2.05. The zero-order valence-electron chi connectivity index (χ0n) is 8.76. The first kappa shape index (κ1) is 11.8. The quantitative estimate of drug-likeness (QED) is 0.902. The van der Waals surface area contributed by atoms with Crippen molar-refractivity contribution < 1.29 is 4.39 Å². The minimum atomic E-state index is -0.174. The average Bonchev–Trinajstić information content (AvgIpc) is 2.65. The lowest BCUT2D eigenvalue weighted by molar-refractivity contribution is 0.627. The van der Waals surface area contributed by atoms with Crippen molar-refractivity contribution >= 4 is 27.3 Å². The van der Waals surface area contributed by atoms with Gasteiger partial charge in [0.25, 0.3) is 0 Å². The van der Waals surface area contributed by atoms with Gasteiger partial charge in [0.05, 0.1) is 0 Å². The number of hydrogen-bond acceptors (Lipinski definition) is 2. The second-order valence-electron chi connectivity index (χ2n) is 3.48. The van der Waals surface area contributed by atoms with Crippen LogP contribution >= 0.6 is 27.3 Å². The largest absolute Gasteiger partial charge is 0.316 e. The monoisotopic (exact) mass is 299 g/mol. The smallest absolute Gasteiger partial charge is 0.131 e. The van der Waals surface area contributed by atoms with Gasteiger partial charge in [-0.1, -0.05) is 12.1 Å². The summed E-state index contributed by atoms with van der Waals surface area (Å²) in [6, 6.07) is 5.35. The first-order valence-electron chi connectivity index (χ1n) is 4.87. The molecule has 0 unspecified atom stereocenters. The predicted molar refractivity (Wildman–Crippen MR) is 70.2 cm³/mol. The summed E-state index contributed by atoms with van der Waals surface area (Å²) in [6.07, 6.45) is 0. The van der Waals surface area contributed by atoms with Gasteiger partial charge < -0.3 is 5.32 Å². The van der Waals surface area contributed by atoms with Crippen LogP contribution in [-0.2, 0) is 6.54 Å². The Balaban J connectivity index is 2.40. The van der Waals surface area contributed by atoms with Crippen LogP contribution in [0.4, 0.5) is 4.39 Å². The topological polar surface area (TPSA) is 12.0 Å². The molecule has 2 aromatic rings. The molecule has 0 aliphatic rings. The number of hydrogen-bond donors (Lipinski definition) is 1. The minimum Gasteiger partial charge on any atom is -0.316 e. The van der Waals surface area contributed by atoms with Crippen LogP contribution in [-0.4, -0.2) is 7.05 Å². The summed E-state index contributed by atoms with van der Waals surface area (Å²) >= 11 is 4.98. The second kappa shape index (κ2) is 5.08. The van der Waals surface area contributed by atoms with Gasteiger partial charge in [-0.05, 0) is 40.0 Å². The maximum absolute atomic E-state index is 13.9. The summed E-state index contributed by atoms with van der Waals surface area (Å²) in [6.45, 7) is 0.683. The predicted octanol–water partition coefficient (Wildman–Crippen LogP) is 4.04. The molecule has 1 aromatic heterocycles. The Morgan fingerprint density at radius 3 is 2.69 bits per heavy atom. The minimum absolute atomic E-state index is 0.174. The van der Waals surface area contributed by atoms with Gasteiger partial charge in [-0.2, -0.15) is 11.3 Å². The van der Waals surface area contributed by atoms with E-state index in [2.05, 4.69) is 21.2 Å². The van der Waals surface area contributed by atoms with E-state index in [9.17, 15) is 4.39 Å². The van der Waals surface area contributed by atoms with Crippen LogP contribution in [0.15, 0.2) is 33.4 Å². The fourth-order valence-corrected chi connectivity index (χ4v) is 3.07. The molecule has 0 saturated carbocycles. The Kier molecular flexibility index (Phi) is 3.74. The van der Waals surface area contributed by atoms with Crippen molar-refractivity contribution in [3.63, 3.8) is 0 Å². The van der Waals surface area contributed by atoms with E-state index in [-0.39, 0.29) is 5.82 Å². The maximum Gasteiger partial charge on any atom is 0.131 e. The number of halogens is 2. The van der Waals surface area contributed by atoms with Gasteiger partial charge in [0.2, 0.25) is 0 Å². The van der Waals surface area contributed by atoms with Crippen molar-refractivity contribution in [2.24, 2.45) is 0 Å². The first-order valence-corrected chi connectivity index (χ1v) is 6.61. The highest BCUT2D eigenvalue weighted by Gasteiger charge is 2.09. The number of rotatable bonds is 3. The fraction of sp³-hybridized carbons (Fsp3) is 0.167. The van der Waals surface area contributed by atoms with Gasteiger partial charge in [0.1, 0.15) is 5.82 Å². The Morgan fingerprint density at radius 1 is 1.31 bits per heavy atom. The van der Waals surface area contributed by atoms with Gasteiger partial charge in [-0.15, -0.1) is 0 Å². The van der Waals surface area contributed by atoms with Gasteiger partial charge >= 0.3 is 0 Å². The van der Waals surface area contributed by atoms with Crippen LogP contribution in [0, 0.1) is 5.82 Å². The third-order valence-electron chi connectivity index (χ3n) is 2.32. The molecule has 0 aliphatic heterocycles. The molecule has 0 spiro atoms. The lowest BCUT2D eigenvalue weighted by atomic mass is 10.1. The number of benzene rings is 1. The van der Waals surface area contributed by atoms with Crippen molar-refractivity contribution in [1.82, 2.24) is 5.32 Å². The van der Waals surface area contributed by atoms with Crippen LogP contribution in [0.2, 0.25) is 0 Å². The van der Waals surface area contributed by atoms with Gasteiger partial charge in [-0.25, -0.2) is 4.39 Å². The molecule has 84 valence electrons. The summed E-state index contributed by atoms with van der Waals surface area (Å²) < 4.78 is 14.8. The van der Waals surface area contributed by atoms with Crippen LogP contribution in [0.3, 0.4) is 0 Å². The van der Waals surface area contributed by atoms with Gasteiger partial charge in [0.15, 0.2) is 0 Å². The SMILES string of the molecule is CNCc1ccc(-c2cscc2Br)c(F)c1. The normalized spacial score (nSPS) is 10.7. The molecule has 0 amide bonds. The Labute approximate surface area is 106 Å². The van der Waals surface area contributed by atoms with E-state index in [1.807, 2.05) is 29.9 Å². The first-order chi connectivity index (χ1) is 7.72. The molecule has 1 N–H and O–H groups in total. The van der Waals surface area contributed by atoms with Gasteiger partial charge in [-0.3, -0.25) is 0 Å². The Bertz CT molecular complexity index is 496. The Hall–Kier alpha value is -0.710. The van der Waals surface area contributed by atoms with Crippen molar-refractivity contribution in [1.29, 1.82) is 0 Å². The third-order valence-corrected chi connectivity index (χ3v) is 4.02. The molecule has 2 rings (SSSR count). The van der Waals surface area contributed by atoms with Crippen LogP contribution < -0.4 is 5.32 Å². The molecule has 1 heterocycles. The molecule has 0 aliphatic carbocycles. The number of thiophene rings is 1. The van der Waals surface area contributed by atoms with E-state index in [0.29, 0.717) is 12.1 Å². The van der Waals surface area contributed by atoms with E-state index in [1.54, 1.807) is 17.4 Å². The van der Waals surface area contributed by atoms with Crippen molar-refractivity contribution in [2.75, 3.05) is 7.05 Å². The maximum atomic E-state index is 13.9. The summed E-state index contributed by atoms with van der Waals surface area (Å²) in [5.74, 6) is -0.174. The van der Waals surface area contributed by atoms with Crippen LogP contribution in [0.5, 0.6) is 0 Å². The van der Waals surface area contributed by atoms with Gasteiger partial charge in [0, 0.05) is 27.5 Å². The lowest BCUT2D eigenvalue weighted by Gasteiger charge is -2.05. The van der Waals surface area contributed by atoms with Crippen molar-refractivity contribution in [2.45, 2.75) is 6.54 Å². The highest BCUT2D eigenvalue weighted by atomic mass is 79.9. The Morgan fingerprint density at radius 2 is 2.12 bits per heavy atom. The van der Waals surface area contributed by atoms with Crippen LogP contribution in [0.1, 0.15) is 5.56 Å². The fourth-order valence-electron chi connectivity index (χ4n) is 1.56. The highest BCUT2D eigenvalue weighted by Crippen LogP contribution is 2.33. The molecule has 0 radical (unpaired) electrons. The summed E-state index contributed by atoms with van der Waals surface area (Å²) in [5, 5.41) is 6.90. The summed E-state index contributed by atoms with van der Waals surface area (Å²) in [5.41, 5.74) is 2.52. The molecular weight excluding hydrogens is 289 g/mol. The molecule has 0 fully saturated rings. The third kappa shape index (κ3) is 2.34. The van der Waals surface area contributed by atoms with E-state index in [4.69, 9.17) is 0 Å². The van der Waals surface area contributed by atoms with Crippen molar-refractivity contribution in [3.05, 3.63) is 44.8 Å². The zero-order chi connectivity index (χ0) is 11.5. The van der Waals surface area contributed by atoms with Crippen LogP contribution in [0.25, 0.3) is 11.1 Å². The molecule has 1 nitrogen and oxygen atoms in total. The van der Waals surface area contributed by atoms with Crippen molar-refractivity contribution in [3.8, 4) is 11.1 Å². The summed E-state index contributed by atoms with van der Waals surface area (Å²) in [7, 11) is 1.85.